The molecule has 0 spiro atoms. The van der Waals surface area contributed by atoms with Crippen molar-refractivity contribution in [3.8, 4) is 5.75 Å². The van der Waals surface area contributed by atoms with E-state index in [0.29, 0.717) is 0 Å². The standard InChI is InChI=1S/C19H14N2O6S/c22-12-6-7-14(13(9-12)18(25)26)20-16(23)10-21-17(24)15(28-19(21)27)8-11-4-2-1-3-5-11/h1-9,22H,10H2,(H,20,23)(H,25,26)/b15-8+. The molecule has 3 N–H and O–H groups in total. The van der Waals surface area contributed by atoms with Crippen molar-refractivity contribution >= 4 is 46.5 Å². The lowest BCUT2D eigenvalue weighted by molar-refractivity contribution is -0.127. The summed E-state index contributed by atoms with van der Waals surface area (Å²) in [7, 11) is 0. The average molecular weight is 398 g/mol. The fourth-order valence-corrected chi connectivity index (χ4v) is 3.33. The first-order valence-electron chi connectivity index (χ1n) is 8.02. The van der Waals surface area contributed by atoms with Crippen LogP contribution in [0.3, 0.4) is 0 Å². The number of carboxylic acids is 1. The second-order valence-electron chi connectivity index (χ2n) is 5.76. The summed E-state index contributed by atoms with van der Waals surface area (Å²) in [5.41, 5.74) is 0.376. The summed E-state index contributed by atoms with van der Waals surface area (Å²) >= 11 is 0.726. The summed E-state index contributed by atoms with van der Waals surface area (Å²) in [6.07, 6.45) is 1.56. The number of aromatic carboxylic acids is 1. The zero-order chi connectivity index (χ0) is 20.3. The van der Waals surface area contributed by atoms with Crippen molar-refractivity contribution in [2.24, 2.45) is 0 Å². The van der Waals surface area contributed by atoms with E-state index in [1.165, 1.54) is 12.1 Å². The van der Waals surface area contributed by atoms with Crippen molar-refractivity contribution in [1.82, 2.24) is 4.90 Å². The minimum Gasteiger partial charge on any atom is -0.508 e. The Morgan fingerprint density at radius 1 is 1.11 bits per heavy atom. The number of phenolic OH excluding ortho intramolecular Hbond substituents is 1. The summed E-state index contributed by atoms with van der Waals surface area (Å²) < 4.78 is 0. The Hall–Kier alpha value is -3.59. The molecule has 0 aromatic heterocycles. The van der Waals surface area contributed by atoms with Gasteiger partial charge in [-0.15, -0.1) is 0 Å². The highest BCUT2D eigenvalue weighted by molar-refractivity contribution is 8.18. The van der Waals surface area contributed by atoms with Crippen LogP contribution in [0.5, 0.6) is 5.75 Å². The number of phenols is 1. The molecule has 1 aliphatic heterocycles. The van der Waals surface area contributed by atoms with Crippen LogP contribution in [-0.2, 0) is 9.59 Å². The lowest BCUT2D eigenvalue weighted by Crippen LogP contribution is -2.36. The van der Waals surface area contributed by atoms with E-state index in [1.54, 1.807) is 30.3 Å². The van der Waals surface area contributed by atoms with Crippen molar-refractivity contribution < 1.29 is 29.4 Å². The van der Waals surface area contributed by atoms with Gasteiger partial charge in [0.15, 0.2) is 0 Å². The smallest absolute Gasteiger partial charge is 0.337 e. The molecule has 1 fully saturated rings. The van der Waals surface area contributed by atoms with E-state index < -0.39 is 29.6 Å². The number of imide groups is 1. The minimum absolute atomic E-state index is 0.0536. The molecule has 3 amide bonds. The van der Waals surface area contributed by atoms with Gasteiger partial charge in [0.2, 0.25) is 5.91 Å². The molecule has 8 nitrogen and oxygen atoms in total. The van der Waals surface area contributed by atoms with Gasteiger partial charge >= 0.3 is 5.97 Å². The topological polar surface area (TPSA) is 124 Å². The number of thioether (sulfide) groups is 1. The Bertz CT molecular complexity index is 1000. The highest BCUT2D eigenvalue weighted by Gasteiger charge is 2.36. The number of hydrogen-bond donors (Lipinski definition) is 3. The van der Waals surface area contributed by atoms with Crippen LogP contribution in [0.1, 0.15) is 15.9 Å². The van der Waals surface area contributed by atoms with Gasteiger partial charge in [-0.25, -0.2) is 4.79 Å². The first-order chi connectivity index (χ1) is 13.3. The maximum absolute atomic E-state index is 12.4. The van der Waals surface area contributed by atoms with Gasteiger partial charge in [0.05, 0.1) is 16.2 Å². The molecule has 0 unspecified atom stereocenters. The fourth-order valence-electron chi connectivity index (χ4n) is 2.49. The van der Waals surface area contributed by atoms with Gasteiger partial charge in [0, 0.05) is 0 Å². The number of carbonyl (C=O) groups is 4. The molecule has 9 heteroatoms. The minimum atomic E-state index is -1.34. The van der Waals surface area contributed by atoms with Gasteiger partial charge < -0.3 is 15.5 Å². The average Bonchev–Trinajstić information content (AvgIpc) is 2.91. The number of carbonyl (C=O) groups excluding carboxylic acids is 3. The van der Waals surface area contributed by atoms with Crippen LogP contribution >= 0.6 is 11.8 Å². The van der Waals surface area contributed by atoms with Gasteiger partial charge in [0.1, 0.15) is 12.3 Å². The van der Waals surface area contributed by atoms with E-state index in [1.807, 2.05) is 6.07 Å². The van der Waals surface area contributed by atoms with E-state index in [0.717, 1.165) is 28.3 Å². The number of anilines is 1. The molecule has 1 saturated heterocycles. The molecule has 2 aromatic carbocycles. The number of benzene rings is 2. The first kappa shape index (κ1) is 19.2. The predicted molar refractivity (Wildman–Crippen MR) is 103 cm³/mol. The number of rotatable bonds is 5. The van der Waals surface area contributed by atoms with E-state index in [9.17, 15) is 24.3 Å². The summed E-state index contributed by atoms with van der Waals surface area (Å²) in [5.74, 6) is -2.95. The molecule has 2 aromatic rings. The van der Waals surface area contributed by atoms with Crippen molar-refractivity contribution in [1.29, 1.82) is 0 Å². The zero-order valence-corrected chi connectivity index (χ0v) is 15.1. The lowest BCUT2D eigenvalue weighted by atomic mass is 10.1. The molecule has 0 aliphatic carbocycles. The van der Waals surface area contributed by atoms with Crippen LogP contribution < -0.4 is 5.32 Å². The lowest BCUT2D eigenvalue weighted by Gasteiger charge is -2.13. The molecule has 0 radical (unpaired) electrons. The third-order valence-corrected chi connectivity index (χ3v) is 4.69. The first-order valence-corrected chi connectivity index (χ1v) is 8.83. The molecule has 142 valence electrons. The van der Waals surface area contributed by atoms with Crippen LogP contribution in [0, 0.1) is 0 Å². The van der Waals surface area contributed by atoms with Crippen molar-refractivity contribution in [3.63, 3.8) is 0 Å². The fraction of sp³-hybridized carbons (Fsp3) is 0.0526. The Morgan fingerprint density at radius 2 is 1.82 bits per heavy atom. The van der Waals surface area contributed by atoms with Crippen LogP contribution in [-0.4, -0.2) is 44.7 Å². The number of hydrogen-bond acceptors (Lipinski definition) is 6. The third-order valence-electron chi connectivity index (χ3n) is 3.78. The zero-order valence-electron chi connectivity index (χ0n) is 14.3. The van der Waals surface area contributed by atoms with Gasteiger partial charge in [-0.1, -0.05) is 30.3 Å². The Balaban J connectivity index is 1.73. The molecular weight excluding hydrogens is 384 g/mol. The Morgan fingerprint density at radius 3 is 2.50 bits per heavy atom. The molecule has 0 saturated carbocycles. The van der Waals surface area contributed by atoms with Gasteiger partial charge in [-0.05, 0) is 41.6 Å². The van der Waals surface area contributed by atoms with Crippen LogP contribution in [0.4, 0.5) is 10.5 Å². The monoisotopic (exact) mass is 398 g/mol. The van der Waals surface area contributed by atoms with Gasteiger partial charge in [-0.2, -0.15) is 0 Å². The number of nitrogens with zero attached hydrogens (tertiary/aromatic N) is 1. The quantitative estimate of drug-likeness (QED) is 0.522. The van der Waals surface area contributed by atoms with Gasteiger partial charge in [-0.3, -0.25) is 19.3 Å². The molecule has 28 heavy (non-hydrogen) atoms. The molecule has 0 atom stereocenters. The number of amides is 3. The van der Waals surface area contributed by atoms with Crippen LogP contribution in [0.15, 0.2) is 53.4 Å². The Kier molecular flexibility index (Phi) is 5.46. The highest BCUT2D eigenvalue weighted by Crippen LogP contribution is 2.32. The third kappa shape index (κ3) is 4.21. The van der Waals surface area contributed by atoms with Crippen LogP contribution in [0.25, 0.3) is 6.08 Å². The summed E-state index contributed by atoms with van der Waals surface area (Å²) in [6, 6.07) is 12.4. The molecular formula is C19H14N2O6S. The van der Waals surface area contributed by atoms with Crippen molar-refractivity contribution in [2.45, 2.75) is 0 Å². The van der Waals surface area contributed by atoms with E-state index in [2.05, 4.69) is 5.32 Å². The second-order valence-corrected chi connectivity index (χ2v) is 6.75. The summed E-state index contributed by atoms with van der Waals surface area (Å²) in [6.45, 7) is -0.559. The molecule has 1 aliphatic rings. The van der Waals surface area contributed by atoms with E-state index >= 15 is 0 Å². The largest absolute Gasteiger partial charge is 0.508 e. The van der Waals surface area contributed by atoms with Crippen molar-refractivity contribution in [3.05, 3.63) is 64.6 Å². The number of carboxylic acid groups (broad SMARTS) is 1. The van der Waals surface area contributed by atoms with E-state index in [4.69, 9.17) is 5.11 Å². The number of aromatic hydroxyl groups is 1. The summed E-state index contributed by atoms with van der Waals surface area (Å²) in [4.78, 5) is 49.0. The summed E-state index contributed by atoms with van der Waals surface area (Å²) in [5, 5.41) is 20.3. The highest BCUT2D eigenvalue weighted by atomic mass is 32.2. The maximum Gasteiger partial charge on any atom is 0.337 e. The number of nitrogens with one attached hydrogen (secondary N) is 1. The SMILES string of the molecule is O=C(CN1C(=O)S/C(=C/c2ccccc2)C1=O)Nc1ccc(O)cc1C(=O)O. The van der Waals surface area contributed by atoms with Gasteiger partial charge in [0.25, 0.3) is 11.1 Å². The predicted octanol–water partition coefficient (Wildman–Crippen LogP) is 2.77. The second kappa shape index (κ2) is 7.97. The molecule has 3 rings (SSSR count). The normalized spacial score (nSPS) is 15.1. The maximum atomic E-state index is 12.4. The van der Waals surface area contributed by atoms with Crippen molar-refractivity contribution in [2.75, 3.05) is 11.9 Å². The Labute approximate surface area is 163 Å². The molecule has 0 bridgehead atoms. The van der Waals surface area contributed by atoms with Crippen LogP contribution in [0.2, 0.25) is 0 Å². The molecule has 1 heterocycles. The van der Waals surface area contributed by atoms with E-state index in [-0.39, 0.29) is 21.9 Å².